The van der Waals surface area contributed by atoms with Crippen LogP contribution in [0.25, 0.3) is 0 Å². The van der Waals surface area contributed by atoms with Gasteiger partial charge in [0.1, 0.15) is 5.82 Å². The average Bonchev–Trinajstić information content (AvgIpc) is 2.70. The largest absolute Gasteiger partial charge is 0.355 e. The molecule has 3 amide bonds. The van der Waals surface area contributed by atoms with Crippen molar-refractivity contribution in [2.45, 2.75) is 19.3 Å². The van der Waals surface area contributed by atoms with Crippen LogP contribution >= 0.6 is 0 Å². The Labute approximate surface area is 158 Å². The molecule has 1 aliphatic heterocycles. The monoisotopic (exact) mass is 369 g/mol. The summed E-state index contributed by atoms with van der Waals surface area (Å²) >= 11 is 0. The Balaban J connectivity index is 1.46. The van der Waals surface area contributed by atoms with Gasteiger partial charge in [-0.1, -0.05) is 30.3 Å². The highest BCUT2D eigenvalue weighted by Crippen LogP contribution is 2.18. The molecule has 2 N–H and O–H groups in total. The van der Waals surface area contributed by atoms with E-state index in [0.29, 0.717) is 26.1 Å². The summed E-state index contributed by atoms with van der Waals surface area (Å²) in [6, 6.07) is 15.4. The minimum absolute atomic E-state index is 0.0330. The Morgan fingerprint density at radius 1 is 1.07 bits per heavy atom. The van der Waals surface area contributed by atoms with Gasteiger partial charge in [-0.2, -0.15) is 0 Å². The third kappa shape index (κ3) is 5.54. The molecule has 5 nitrogen and oxygen atoms in total. The first-order valence-corrected chi connectivity index (χ1v) is 9.25. The minimum atomic E-state index is -0.265. The Hall–Kier alpha value is -2.89. The number of hydrogen-bond acceptors (Lipinski definition) is 2. The summed E-state index contributed by atoms with van der Waals surface area (Å²) in [6.07, 6.45) is 2.23. The summed E-state index contributed by atoms with van der Waals surface area (Å²) in [5.74, 6) is -0.498. The van der Waals surface area contributed by atoms with E-state index in [1.165, 1.54) is 12.1 Å². The van der Waals surface area contributed by atoms with E-state index in [1.807, 2.05) is 30.3 Å². The Morgan fingerprint density at radius 3 is 2.56 bits per heavy atom. The lowest BCUT2D eigenvalue weighted by atomic mass is 9.97. The minimum Gasteiger partial charge on any atom is -0.355 e. The molecule has 0 aliphatic carbocycles. The second-order valence-corrected chi connectivity index (χ2v) is 6.75. The van der Waals surface area contributed by atoms with Gasteiger partial charge in [0.2, 0.25) is 5.91 Å². The van der Waals surface area contributed by atoms with E-state index in [0.717, 1.165) is 24.1 Å². The smallest absolute Gasteiger partial charge is 0.321 e. The van der Waals surface area contributed by atoms with Gasteiger partial charge in [0, 0.05) is 25.3 Å². The molecule has 6 heteroatoms. The molecule has 1 saturated heterocycles. The van der Waals surface area contributed by atoms with Gasteiger partial charge in [-0.25, -0.2) is 9.18 Å². The summed E-state index contributed by atoms with van der Waals surface area (Å²) in [6.45, 7) is 1.57. The van der Waals surface area contributed by atoms with Crippen LogP contribution in [0.15, 0.2) is 54.6 Å². The van der Waals surface area contributed by atoms with Crippen LogP contribution in [0.1, 0.15) is 18.4 Å². The van der Waals surface area contributed by atoms with Crippen LogP contribution in [0.4, 0.5) is 14.9 Å². The van der Waals surface area contributed by atoms with Crippen LogP contribution in [0.3, 0.4) is 0 Å². The van der Waals surface area contributed by atoms with Crippen LogP contribution in [0, 0.1) is 11.7 Å². The number of carbonyl (C=O) groups excluding carboxylic acids is 2. The average molecular weight is 369 g/mol. The van der Waals surface area contributed by atoms with Crippen LogP contribution < -0.4 is 10.6 Å². The van der Waals surface area contributed by atoms with Gasteiger partial charge in [-0.3, -0.25) is 4.79 Å². The SMILES string of the molecule is O=C(NCCc1ccc(F)cc1)C1CCCN(C(=O)Nc2ccccc2)C1. The molecule has 2 aromatic rings. The molecule has 1 heterocycles. The van der Waals surface area contributed by atoms with E-state index >= 15 is 0 Å². The number of nitrogens with one attached hydrogen (secondary N) is 2. The Bertz CT molecular complexity index is 765. The highest BCUT2D eigenvalue weighted by Gasteiger charge is 2.28. The molecule has 2 aromatic carbocycles. The molecule has 0 bridgehead atoms. The number of likely N-dealkylation sites (tertiary alicyclic amines) is 1. The van der Waals surface area contributed by atoms with Crippen molar-refractivity contribution in [3.63, 3.8) is 0 Å². The number of benzene rings is 2. The zero-order chi connectivity index (χ0) is 19.1. The zero-order valence-corrected chi connectivity index (χ0v) is 15.2. The molecule has 1 aliphatic rings. The van der Waals surface area contributed by atoms with Crippen LogP contribution in [-0.4, -0.2) is 36.5 Å². The number of urea groups is 1. The fourth-order valence-electron chi connectivity index (χ4n) is 3.23. The van der Waals surface area contributed by atoms with E-state index in [4.69, 9.17) is 0 Å². The van der Waals surface area contributed by atoms with Crippen molar-refractivity contribution in [1.29, 1.82) is 0 Å². The number of hydrogen-bond donors (Lipinski definition) is 2. The van der Waals surface area contributed by atoms with Gasteiger partial charge in [0.15, 0.2) is 0 Å². The van der Waals surface area contributed by atoms with Gasteiger partial charge in [0.05, 0.1) is 5.92 Å². The lowest BCUT2D eigenvalue weighted by Gasteiger charge is -2.32. The maximum atomic E-state index is 12.9. The summed E-state index contributed by atoms with van der Waals surface area (Å²) < 4.78 is 12.9. The highest BCUT2D eigenvalue weighted by molar-refractivity contribution is 5.90. The number of anilines is 1. The Morgan fingerprint density at radius 2 is 1.81 bits per heavy atom. The van der Waals surface area contributed by atoms with Crippen LogP contribution in [-0.2, 0) is 11.2 Å². The second-order valence-electron chi connectivity index (χ2n) is 6.75. The van der Waals surface area contributed by atoms with E-state index < -0.39 is 0 Å². The predicted octanol–water partition coefficient (Wildman–Crippen LogP) is 3.43. The zero-order valence-electron chi connectivity index (χ0n) is 15.2. The molecule has 3 rings (SSSR count). The van der Waals surface area contributed by atoms with Gasteiger partial charge >= 0.3 is 6.03 Å². The van der Waals surface area contributed by atoms with E-state index in [-0.39, 0.29) is 23.7 Å². The molecule has 1 atom stereocenters. The number of rotatable bonds is 5. The summed E-state index contributed by atoms with van der Waals surface area (Å²) in [4.78, 5) is 26.5. The predicted molar refractivity (Wildman–Crippen MR) is 103 cm³/mol. The van der Waals surface area contributed by atoms with E-state index in [1.54, 1.807) is 17.0 Å². The van der Waals surface area contributed by atoms with Crippen LogP contribution in [0.5, 0.6) is 0 Å². The van der Waals surface area contributed by atoms with Gasteiger partial charge in [-0.05, 0) is 49.1 Å². The summed E-state index contributed by atoms with van der Waals surface area (Å²) in [5.41, 5.74) is 1.72. The van der Waals surface area contributed by atoms with Crippen molar-refractivity contribution in [3.05, 3.63) is 66.0 Å². The normalized spacial score (nSPS) is 16.6. The molecule has 1 fully saturated rings. The summed E-state index contributed by atoms with van der Waals surface area (Å²) in [7, 11) is 0. The molecule has 142 valence electrons. The number of para-hydroxylation sites is 1. The van der Waals surface area contributed by atoms with E-state index in [9.17, 15) is 14.0 Å². The van der Waals surface area contributed by atoms with Crippen molar-refractivity contribution in [2.75, 3.05) is 25.0 Å². The maximum Gasteiger partial charge on any atom is 0.321 e. The number of amides is 3. The molecule has 27 heavy (non-hydrogen) atoms. The number of carbonyl (C=O) groups is 2. The molecule has 0 saturated carbocycles. The molecular weight excluding hydrogens is 345 g/mol. The van der Waals surface area contributed by atoms with Crippen molar-refractivity contribution in [2.24, 2.45) is 5.92 Å². The molecule has 0 radical (unpaired) electrons. The maximum absolute atomic E-state index is 12.9. The molecule has 1 unspecified atom stereocenters. The summed E-state index contributed by atoms with van der Waals surface area (Å²) in [5, 5.41) is 5.80. The van der Waals surface area contributed by atoms with Crippen molar-refractivity contribution < 1.29 is 14.0 Å². The first kappa shape index (κ1) is 18.9. The van der Waals surface area contributed by atoms with Crippen molar-refractivity contribution in [3.8, 4) is 0 Å². The van der Waals surface area contributed by atoms with Gasteiger partial charge in [0.25, 0.3) is 0 Å². The number of halogens is 1. The van der Waals surface area contributed by atoms with Crippen molar-refractivity contribution >= 4 is 17.6 Å². The third-order valence-corrected chi connectivity index (χ3v) is 4.73. The number of nitrogens with zero attached hydrogens (tertiary/aromatic N) is 1. The lowest BCUT2D eigenvalue weighted by Crippen LogP contribution is -2.47. The topological polar surface area (TPSA) is 61.4 Å². The molecule has 0 aromatic heterocycles. The van der Waals surface area contributed by atoms with Crippen molar-refractivity contribution in [1.82, 2.24) is 10.2 Å². The van der Waals surface area contributed by atoms with Crippen LogP contribution in [0.2, 0.25) is 0 Å². The lowest BCUT2D eigenvalue weighted by molar-refractivity contribution is -0.126. The second kappa shape index (κ2) is 9.16. The first-order chi connectivity index (χ1) is 13.1. The Kier molecular flexibility index (Phi) is 6.41. The molecule has 0 spiro atoms. The molecular formula is C21H24FN3O2. The first-order valence-electron chi connectivity index (χ1n) is 9.25. The number of piperidine rings is 1. The van der Waals surface area contributed by atoms with Gasteiger partial charge in [-0.15, -0.1) is 0 Å². The van der Waals surface area contributed by atoms with E-state index in [2.05, 4.69) is 10.6 Å². The fraction of sp³-hybridized carbons (Fsp3) is 0.333. The highest BCUT2D eigenvalue weighted by atomic mass is 19.1. The third-order valence-electron chi connectivity index (χ3n) is 4.73. The van der Waals surface area contributed by atoms with Gasteiger partial charge < -0.3 is 15.5 Å². The standard InChI is InChI=1S/C21H24FN3O2/c22-18-10-8-16(9-11-18)12-13-23-20(26)17-5-4-14-25(15-17)21(27)24-19-6-2-1-3-7-19/h1-3,6-11,17H,4-5,12-15H2,(H,23,26)(H,24,27). The fourth-order valence-corrected chi connectivity index (χ4v) is 3.23. The quantitative estimate of drug-likeness (QED) is 0.848.